The molecule has 0 spiro atoms. The summed E-state index contributed by atoms with van der Waals surface area (Å²) in [6.07, 6.45) is 0. The fourth-order valence-electron chi connectivity index (χ4n) is 0.816. The number of H-pyrrole nitrogens is 2. The summed E-state index contributed by atoms with van der Waals surface area (Å²) in [5, 5.41) is 0. The van der Waals surface area contributed by atoms with Crippen LogP contribution in [0.2, 0.25) is 0 Å². The number of hydrogen-bond donors (Lipinski definition) is 3. The van der Waals surface area contributed by atoms with Crippen LogP contribution in [0.5, 0.6) is 0 Å². The standard InChI is InChI=1S/C7H11N3O2.ClH/c1-7(2,8)4-3-5(11)10-6(12)9-4;/h3H,8H2,1-2H3,(H2,9,10,11,12);1H. The second kappa shape index (κ2) is 3.76. The highest BCUT2D eigenvalue weighted by Crippen LogP contribution is 2.09. The number of halogens is 1. The molecule has 1 heterocycles. The van der Waals surface area contributed by atoms with Crippen molar-refractivity contribution in [2.75, 3.05) is 0 Å². The maximum atomic E-state index is 10.8. The van der Waals surface area contributed by atoms with E-state index in [1.165, 1.54) is 6.07 Å². The Bertz CT molecular complexity index is 359. The van der Waals surface area contributed by atoms with Crippen LogP contribution in [0.15, 0.2) is 15.7 Å². The summed E-state index contributed by atoms with van der Waals surface area (Å²) in [6.45, 7) is 3.41. The minimum absolute atomic E-state index is 0. The molecule has 1 rings (SSSR count). The Morgan fingerprint density at radius 2 is 1.85 bits per heavy atom. The maximum Gasteiger partial charge on any atom is 0.325 e. The first kappa shape index (κ1) is 11.9. The van der Waals surface area contributed by atoms with E-state index in [1.807, 2.05) is 0 Å². The van der Waals surface area contributed by atoms with E-state index in [-0.39, 0.29) is 12.4 Å². The van der Waals surface area contributed by atoms with Crippen molar-refractivity contribution in [1.82, 2.24) is 9.97 Å². The predicted octanol–water partition coefficient (Wildman–Crippen LogP) is -0.321. The Morgan fingerprint density at radius 3 is 2.23 bits per heavy atom. The fraction of sp³-hybridized carbons (Fsp3) is 0.429. The van der Waals surface area contributed by atoms with Gasteiger partial charge in [0.15, 0.2) is 0 Å². The summed E-state index contributed by atoms with van der Waals surface area (Å²) in [7, 11) is 0. The second-order valence-electron chi connectivity index (χ2n) is 3.22. The molecule has 0 amide bonds. The average molecular weight is 206 g/mol. The van der Waals surface area contributed by atoms with Crippen molar-refractivity contribution >= 4 is 12.4 Å². The molecule has 0 saturated carbocycles. The molecule has 1 aromatic heterocycles. The summed E-state index contributed by atoms with van der Waals surface area (Å²) in [5.41, 5.74) is 4.43. The molecule has 0 unspecified atom stereocenters. The van der Waals surface area contributed by atoms with Crippen LogP contribution in [0.4, 0.5) is 0 Å². The summed E-state index contributed by atoms with van der Waals surface area (Å²) in [5.74, 6) is 0. The first-order chi connectivity index (χ1) is 5.39. The van der Waals surface area contributed by atoms with E-state index >= 15 is 0 Å². The zero-order valence-corrected chi connectivity index (χ0v) is 8.20. The van der Waals surface area contributed by atoms with Gasteiger partial charge in [0.2, 0.25) is 0 Å². The second-order valence-corrected chi connectivity index (χ2v) is 3.22. The van der Waals surface area contributed by atoms with Gasteiger partial charge in [-0.2, -0.15) is 0 Å². The Labute approximate surface area is 80.8 Å². The first-order valence-electron chi connectivity index (χ1n) is 3.52. The summed E-state index contributed by atoms with van der Waals surface area (Å²) >= 11 is 0. The zero-order chi connectivity index (χ0) is 9.35. The molecular weight excluding hydrogens is 194 g/mol. The van der Waals surface area contributed by atoms with Gasteiger partial charge in [0, 0.05) is 11.8 Å². The topological polar surface area (TPSA) is 91.7 Å². The molecule has 0 aliphatic heterocycles. The van der Waals surface area contributed by atoms with Crippen molar-refractivity contribution in [3.05, 3.63) is 32.6 Å². The number of aromatic amines is 2. The minimum atomic E-state index is -0.701. The van der Waals surface area contributed by atoms with Crippen molar-refractivity contribution in [2.24, 2.45) is 5.73 Å². The third-order valence-corrected chi connectivity index (χ3v) is 1.45. The third-order valence-electron chi connectivity index (χ3n) is 1.45. The van der Waals surface area contributed by atoms with E-state index in [2.05, 4.69) is 9.97 Å². The molecule has 0 aliphatic carbocycles. The molecule has 0 aromatic carbocycles. The highest BCUT2D eigenvalue weighted by atomic mass is 35.5. The van der Waals surface area contributed by atoms with E-state index < -0.39 is 16.8 Å². The van der Waals surface area contributed by atoms with Gasteiger partial charge < -0.3 is 10.7 Å². The van der Waals surface area contributed by atoms with Crippen LogP contribution in [0.3, 0.4) is 0 Å². The average Bonchev–Trinajstić information content (AvgIpc) is 1.82. The maximum absolute atomic E-state index is 10.8. The van der Waals surface area contributed by atoms with Gasteiger partial charge in [-0.3, -0.25) is 9.78 Å². The molecule has 0 saturated heterocycles. The molecule has 0 fully saturated rings. The summed E-state index contributed by atoms with van der Waals surface area (Å²) in [4.78, 5) is 26.1. The van der Waals surface area contributed by atoms with E-state index in [0.29, 0.717) is 5.69 Å². The molecule has 5 nitrogen and oxygen atoms in total. The molecule has 0 radical (unpaired) electrons. The largest absolute Gasteiger partial charge is 0.325 e. The summed E-state index contributed by atoms with van der Waals surface area (Å²) in [6, 6.07) is 1.28. The zero-order valence-electron chi connectivity index (χ0n) is 7.38. The molecule has 0 bridgehead atoms. The Hall–Kier alpha value is -1.07. The molecule has 74 valence electrons. The van der Waals surface area contributed by atoms with Gasteiger partial charge in [-0.25, -0.2) is 4.79 Å². The quantitative estimate of drug-likeness (QED) is 0.587. The lowest BCUT2D eigenvalue weighted by Gasteiger charge is -2.17. The minimum Gasteiger partial charge on any atom is -0.321 e. The van der Waals surface area contributed by atoms with Gasteiger partial charge in [0.05, 0.1) is 5.54 Å². The lowest BCUT2D eigenvalue weighted by atomic mass is 10.0. The Balaban J connectivity index is 0.00000144. The number of rotatable bonds is 1. The Morgan fingerprint density at radius 1 is 1.31 bits per heavy atom. The molecule has 13 heavy (non-hydrogen) atoms. The molecule has 1 aromatic rings. The smallest absolute Gasteiger partial charge is 0.321 e. The van der Waals surface area contributed by atoms with Crippen LogP contribution < -0.4 is 17.0 Å². The normalized spacial score (nSPS) is 10.7. The van der Waals surface area contributed by atoms with Crippen LogP contribution in [0.25, 0.3) is 0 Å². The van der Waals surface area contributed by atoms with Crippen molar-refractivity contribution in [2.45, 2.75) is 19.4 Å². The summed E-state index contributed by atoms with van der Waals surface area (Å²) < 4.78 is 0. The molecule has 0 aliphatic rings. The van der Waals surface area contributed by atoms with Gasteiger partial charge in [0.1, 0.15) is 0 Å². The molecule has 0 atom stereocenters. The van der Waals surface area contributed by atoms with E-state index in [1.54, 1.807) is 13.8 Å². The highest BCUT2D eigenvalue weighted by molar-refractivity contribution is 5.85. The van der Waals surface area contributed by atoms with E-state index in [9.17, 15) is 9.59 Å². The van der Waals surface area contributed by atoms with Gasteiger partial charge in [0.25, 0.3) is 5.56 Å². The van der Waals surface area contributed by atoms with Crippen LogP contribution in [0, 0.1) is 0 Å². The van der Waals surface area contributed by atoms with Gasteiger partial charge in [-0.05, 0) is 13.8 Å². The van der Waals surface area contributed by atoms with Crippen LogP contribution in [-0.4, -0.2) is 9.97 Å². The third kappa shape index (κ3) is 3.04. The van der Waals surface area contributed by atoms with Gasteiger partial charge in [-0.1, -0.05) is 0 Å². The highest BCUT2D eigenvalue weighted by Gasteiger charge is 2.15. The van der Waals surface area contributed by atoms with Crippen molar-refractivity contribution < 1.29 is 0 Å². The number of nitrogens with one attached hydrogen (secondary N) is 2. The number of nitrogens with two attached hydrogens (primary N) is 1. The van der Waals surface area contributed by atoms with Crippen LogP contribution >= 0.6 is 12.4 Å². The van der Waals surface area contributed by atoms with E-state index in [4.69, 9.17) is 5.73 Å². The van der Waals surface area contributed by atoms with Crippen LogP contribution in [-0.2, 0) is 5.54 Å². The van der Waals surface area contributed by atoms with Crippen molar-refractivity contribution in [3.8, 4) is 0 Å². The Kier molecular flexibility index (Phi) is 3.45. The van der Waals surface area contributed by atoms with Gasteiger partial charge in [-0.15, -0.1) is 12.4 Å². The molecule has 4 N–H and O–H groups in total. The van der Waals surface area contributed by atoms with Crippen molar-refractivity contribution in [1.29, 1.82) is 0 Å². The lowest BCUT2D eigenvalue weighted by molar-refractivity contribution is 0.529. The molecule has 6 heteroatoms. The fourth-order valence-corrected chi connectivity index (χ4v) is 0.816. The SMILES string of the molecule is CC(C)(N)c1cc(=O)[nH]c(=O)[nH]1.Cl. The lowest BCUT2D eigenvalue weighted by Crippen LogP contribution is -2.35. The monoisotopic (exact) mass is 205 g/mol. The van der Waals surface area contributed by atoms with Crippen molar-refractivity contribution in [3.63, 3.8) is 0 Å². The predicted molar refractivity (Wildman–Crippen MR) is 52.1 cm³/mol. The number of aromatic nitrogens is 2. The van der Waals surface area contributed by atoms with Crippen LogP contribution in [0.1, 0.15) is 19.5 Å². The number of hydrogen-bond acceptors (Lipinski definition) is 3. The first-order valence-corrected chi connectivity index (χ1v) is 3.52. The van der Waals surface area contributed by atoms with E-state index in [0.717, 1.165) is 0 Å². The van der Waals surface area contributed by atoms with Gasteiger partial charge >= 0.3 is 5.69 Å². The molecular formula is C7H12ClN3O2.